The molecule has 0 saturated heterocycles. The van der Waals surface area contributed by atoms with Crippen molar-refractivity contribution in [1.29, 1.82) is 0 Å². The van der Waals surface area contributed by atoms with Crippen LogP contribution >= 0.6 is 0 Å². The fraction of sp³-hybridized carbons (Fsp3) is 0.167. The van der Waals surface area contributed by atoms with Crippen LogP contribution in [0.25, 0.3) is 0 Å². The number of nitrogens with zero attached hydrogens (tertiary/aromatic N) is 1. The van der Waals surface area contributed by atoms with Crippen LogP contribution in [0.5, 0.6) is 0 Å². The maximum atomic E-state index is 13.8. The van der Waals surface area contributed by atoms with Gasteiger partial charge in [0, 0.05) is 17.8 Å². The molecule has 21 heavy (non-hydrogen) atoms. The molecule has 2 rings (SSSR count). The molecule has 0 saturated carbocycles. The van der Waals surface area contributed by atoms with Gasteiger partial charge in [0.15, 0.2) is 0 Å². The number of nitrogens with one attached hydrogen (secondary N) is 2. The molecule has 9 heteroatoms. The molecule has 0 aliphatic heterocycles. The minimum atomic E-state index is -4.12. The van der Waals surface area contributed by atoms with Crippen molar-refractivity contribution in [1.82, 2.24) is 14.9 Å². The van der Waals surface area contributed by atoms with E-state index in [1.54, 1.807) is 6.92 Å². The monoisotopic (exact) mass is 313 g/mol. The molecule has 112 valence electrons. The minimum absolute atomic E-state index is 0.325. The molecule has 7 nitrogen and oxygen atoms in total. The highest BCUT2D eigenvalue weighted by atomic mass is 32.2. The molecule has 1 unspecified atom stereocenters. The number of aromatic carboxylic acids is 1. The Hall–Kier alpha value is -2.26. The summed E-state index contributed by atoms with van der Waals surface area (Å²) in [7, 11) is -4.12. The Labute approximate surface area is 119 Å². The first-order valence-electron chi connectivity index (χ1n) is 5.85. The van der Waals surface area contributed by atoms with Crippen LogP contribution in [0.4, 0.5) is 4.39 Å². The van der Waals surface area contributed by atoms with E-state index in [0.29, 0.717) is 11.6 Å². The van der Waals surface area contributed by atoms with E-state index in [0.717, 1.165) is 12.1 Å². The zero-order valence-corrected chi connectivity index (χ0v) is 11.7. The molecule has 0 aliphatic carbocycles. The lowest BCUT2D eigenvalue weighted by Gasteiger charge is -2.13. The van der Waals surface area contributed by atoms with Gasteiger partial charge >= 0.3 is 5.97 Å². The average Bonchev–Trinajstić information content (AvgIpc) is 2.91. The summed E-state index contributed by atoms with van der Waals surface area (Å²) < 4.78 is 40.3. The van der Waals surface area contributed by atoms with Gasteiger partial charge in [0.2, 0.25) is 10.0 Å². The van der Waals surface area contributed by atoms with E-state index in [1.165, 1.54) is 12.4 Å². The molecular weight excluding hydrogens is 301 g/mol. The second-order valence-corrected chi connectivity index (χ2v) is 6.01. The highest BCUT2D eigenvalue weighted by molar-refractivity contribution is 7.89. The second-order valence-electron chi connectivity index (χ2n) is 4.32. The molecule has 0 bridgehead atoms. The van der Waals surface area contributed by atoms with E-state index in [2.05, 4.69) is 14.9 Å². The molecule has 1 aromatic heterocycles. The number of hydrogen-bond donors (Lipinski definition) is 3. The van der Waals surface area contributed by atoms with E-state index in [9.17, 15) is 17.6 Å². The maximum Gasteiger partial charge on any atom is 0.335 e. The van der Waals surface area contributed by atoms with Gasteiger partial charge in [-0.1, -0.05) is 0 Å². The van der Waals surface area contributed by atoms with Gasteiger partial charge in [0.1, 0.15) is 10.7 Å². The molecule has 3 N–H and O–H groups in total. The number of hydrogen-bond acceptors (Lipinski definition) is 4. The Morgan fingerprint density at radius 3 is 2.71 bits per heavy atom. The molecular formula is C12H12FN3O4S. The fourth-order valence-electron chi connectivity index (χ4n) is 1.71. The first-order chi connectivity index (χ1) is 9.81. The van der Waals surface area contributed by atoms with Crippen LogP contribution in [-0.2, 0) is 10.0 Å². The number of carboxylic acids is 1. The number of benzene rings is 1. The Balaban J connectivity index is 2.29. The van der Waals surface area contributed by atoms with Gasteiger partial charge in [0.05, 0.1) is 11.8 Å². The molecule has 0 aliphatic rings. The first-order valence-corrected chi connectivity index (χ1v) is 7.33. The predicted octanol–water partition coefficient (Wildman–Crippen LogP) is 1.29. The summed E-state index contributed by atoms with van der Waals surface area (Å²) in [5.41, 5.74) is 0.260. The third-order valence-electron chi connectivity index (χ3n) is 2.82. The molecule has 1 atom stereocenters. The summed E-state index contributed by atoms with van der Waals surface area (Å²) in [6, 6.07) is 2.00. The van der Waals surface area contributed by atoms with E-state index in [1.807, 2.05) is 0 Å². The zero-order valence-electron chi connectivity index (χ0n) is 10.9. The SMILES string of the molecule is CC(NS(=O)(=O)c1ccc(C(=O)O)cc1F)c1cn[nH]c1. The van der Waals surface area contributed by atoms with Crippen molar-refractivity contribution in [2.24, 2.45) is 0 Å². The van der Waals surface area contributed by atoms with Gasteiger partial charge < -0.3 is 5.11 Å². The second kappa shape index (κ2) is 5.62. The fourth-order valence-corrected chi connectivity index (χ4v) is 3.01. The number of halogens is 1. The van der Waals surface area contributed by atoms with Crippen molar-refractivity contribution in [3.63, 3.8) is 0 Å². The number of carboxylic acid groups (broad SMARTS) is 1. The number of sulfonamides is 1. The number of carbonyl (C=O) groups is 1. The van der Waals surface area contributed by atoms with Crippen molar-refractivity contribution in [3.8, 4) is 0 Å². The third kappa shape index (κ3) is 3.26. The summed E-state index contributed by atoms with van der Waals surface area (Å²) in [6.07, 6.45) is 2.95. The number of aromatic nitrogens is 2. The molecule has 0 fully saturated rings. The van der Waals surface area contributed by atoms with Crippen molar-refractivity contribution in [2.45, 2.75) is 17.9 Å². The molecule has 2 aromatic rings. The molecule has 1 aromatic carbocycles. The van der Waals surface area contributed by atoms with Crippen LogP contribution < -0.4 is 4.72 Å². The van der Waals surface area contributed by atoms with E-state index in [-0.39, 0.29) is 5.56 Å². The zero-order chi connectivity index (χ0) is 15.6. The first kappa shape index (κ1) is 15.1. The Bertz CT molecular complexity index is 759. The topological polar surface area (TPSA) is 112 Å². The van der Waals surface area contributed by atoms with Crippen molar-refractivity contribution in [2.75, 3.05) is 0 Å². The lowest BCUT2D eigenvalue weighted by Crippen LogP contribution is -2.27. The van der Waals surface area contributed by atoms with E-state index in [4.69, 9.17) is 5.11 Å². The van der Waals surface area contributed by atoms with Gasteiger partial charge in [0.25, 0.3) is 0 Å². The minimum Gasteiger partial charge on any atom is -0.478 e. The summed E-state index contributed by atoms with van der Waals surface area (Å²) in [4.78, 5) is 10.1. The van der Waals surface area contributed by atoms with Crippen LogP contribution in [0.3, 0.4) is 0 Å². The summed E-state index contributed by atoms with van der Waals surface area (Å²) in [5.74, 6) is -2.46. The van der Waals surface area contributed by atoms with Crippen LogP contribution in [0.15, 0.2) is 35.5 Å². The van der Waals surface area contributed by atoms with E-state index < -0.39 is 32.7 Å². The van der Waals surface area contributed by atoms with Crippen molar-refractivity contribution in [3.05, 3.63) is 47.5 Å². The van der Waals surface area contributed by atoms with Gasteiger partial charge in [-0.25, -0.2) is 22.3 Å². The predicted molar refractivity (Wildman–Crippen MR) is 70.7 cm³/mol. The van der Waals surface area contributed by atoms with Crippen molar-refractivity contribution >= 4 is 16.0 Å². The highest BCUT2D eigenvalue weighted by Crippen LogP contribution is 2.19. The third-order valence-corrected chi connectivity index (χ3v) is 4.39. The number of rotatable bonds is 5. The van der Waals surface area contributed by atoms with E-state index >= 15 is 0 Å². The normalized spacial score (nSPS) is 13.0. The van der Waals surface area contributed by atoms with Gasteiger partial charge in [-0.05, 0) is 25.1 Å². The van der Waals surface area contributed by atoms with Crippen LogP contribution in [0, 0.1) is 5.82 Å². The number of H-pyrrole nitrogens is 1. The standard InChI is InChI=1S/C12H12FN3O4S/c1-7(9-5-14-15-6-9)16-21(19,20)11-3-2-8(12(17)18)4-10(11)13/h2-7,16H,1H3,(H,14,15)(H,17,18). The smallest absolute Gasteiger partial charge is 0.335 e. The van der Waals surface area contributed by atoms with Gasteiger partial charge in [-0.3, -0.25) is 5.10 Å². The number of aromatic amines is 1. The van der Waals surface area contributed by atoms with Crippen molar-refractivity contribution < 1.29 is 22.7 Å². The lowest BCUT2D eigenvalue weighted by atomic mass is 10.2. The quantitative estimate of drug-likeness (QED) is 0.770. The average molecular weight is 313 g/mol. The summed E-state index contributed by atoms with van der Waals surface area (Å²) >= 11 is 0. The summed E-state index contributed by atoms with van der Waals surface area (Å²) in [6.45, 7) is 1.58. The molecule has 0 spiro atoms. The largest absolute Gasteiger partial charge is 0.478 e. The Morgan fingerprint density at radius 2 is 2.19 bits per heavy atom. The van der Waals surface area contributed by atoms with Gasteiger partial charge in [-0.2, -0.15) is 5.10 Å². The van der Waals surface area contributed by atoms with Crippen LogP contribution in [0.1, 0.15) is 28.9 Å². The van der Waals surface area contributed by atoms with Crippen LogP contribution in [-0.4, -0.2) is 29.7 Å². The molecule has 0 radical (unpaired) electrons. The molecule has 1 heterocycles. The van der Waals surface area contributed by atoms with Crippen LogP contribution in [0.2, 0.25) is 0 Å². The molecule has 0 amide bonds. The van der Waals surface area contributed by atoms with Gasteiger partial charge in [-0.15, -0.1) is 0 Å². The maximum absolute atomic E-state index is 13.8. The Morgan fingerprint density at radius 1 is 1.48 bits per heavy atom. The highest BCUT2D eigenvalue weighted by Gasteiger charge is 2.23. The summed E-state index contributed by atoms with van der Waals surface area (Å²) in [5, 5.41) is 15.0. The lowest BCUT2D eigenvalue weighted by molar-refractivity contribution is 0.0696. The Kier molecular flexibility index (Phi) is 4.05.